The van der Waals surface area contributed by atoms with E-state index in [1.807, 2.05) is 49.9 Å². The second-order valence-corrected chi connectivity index (χ2v) is 8.24. The molecule has 1 aliphatic rings. The summed E-state index contributed by atoms with van der Waals surface area (Å²) in [5, 5.41) is 5.34. The minimum atomic E-state index is -0.336. The highest BCUT2D eigenvalue weighted by Crippen LogP contribution is 2.24. The van der Waals surface area contributed by atoms with Crippen molar-refractivity contribution in [3.05, 3.63) is 40.6 Å². The molecule has 0 saturated carbocycles. The molecule has 0 atom stereocenters. The third-order valence-electron chi connectivity index (χ3n) is 5.09. The van der Waals surface area contributed by atoms with E-state index in [0.717, 1.165) is 43.3 Å². The Morgan fingerprint density at radius 1 is 1.11 bits per heavy atom. The van der Waals surface area contributed by atoms with Gasteiger partial charge in [0.25, 0.3) is 0 Å². The smallest absolute Gasteiger partial charge is 0.341 e. The van der Waals surface area contributed by atoms with Gasteiger partial charge in [0.15, 0.2) is 5.65 Å². The number of hydrogen-bond acceptors (Lipinski definition) is 4. The maximum atomic E-state index is 13.1. The molecule has 1 saturated heterocycles. The summed E-state index contributed by atoms with van der Waals surface area (Å²) in [5.41, 5.74) is 0.714. The Labute approximate surface area is 157 Å². The van der Waals surface area contributed by atoms with Crippen LogP contribution in [0.5, 0.6) is 0 Å². The van der Waals surface area contributed by atoms with Gasteiger partial charge in [0.05, 0.1) is 5.52 Å². The van der Waals surface area contributed by atoms with Crippen LogP contribution in [0.25, 0.3) is 16.6 Å². The molecule has 27 heavy (non-hydrogen) atoms. The highest BCUT2D eigenvalue weighted by Gasteiger charge is 2.25. The first-order chi connectivity index (χ1) is 12.9. The largest absolute Gasteiger partial charge is 0.352 e. The Balaban J connectivity index is 1.86. The van der Waals surface area contributed by atoms with E-state index in [-0.39, 0.29) is 23.6 Å². The number of carbonyl (C=O) groups is 1. The van der Waals surface area contributed by atoms with Crippen molar-refractivity contribution in [2.24, 2.45) is 0 Å². The first-order valence-electron chi connectivity index (χ1n) is 9.53. The van der Waals surface area contributed by atoms with Gasteiger partial charge in [0.1, 0.15) is 12.4 Å². The Kier molecular flexibility index (Phi) is 4.25. The fourth-order valence-corrected chi connectivity index (χ4v) is 3.67. The molecule has 0 N–H and O–H groups in total. The number of hydrogen-bond donors (Lipinski definition) is 0. The summed E-state index contributed by atoms with van der Waals surface area (Å²) < 4.78 is 2.85. The number of amides is 1. The van der Waals surface area contributed by atoms with Crippen LogP contribution in [0, 0.1) is 0 Å². The van der Waals surface area contributed by atoms with Crippen LogP contribution in [0.15, 0.2) is 29.1 Å². The zero-order valence-corrected chi connectivity index (χ0v) is 16.1. The van der Waals surface area contributed by atoms with E-state index in [4.69, 9.17) is 4.98 Å². The summed E-state index contributed by atoms with van der Waals surface area (Å²) >= 11 is 0. The number of likely N-dealkylation sites (tertiary alicyclic amines) is 1. The van der Waals surface area contributed by atoms with Gasteiger partial charge >= 0.3 is 5.69 Å². The van der Waals surface area contributed by atoms with Crippen LogP contribution in [-0.4, -0.2) is 43.1 Å². The van der Waals surface area contributed by atoms with Gasteiger partial charge in [-0.3, -0.25) is 4.79 Å². The lowest BCUT2D eigenvalue weighted by atomic mass is 9.95. The number of rotatable bonds is 2. The van der Waals surface area contributed by atoms with Crippen LogP contribution in [0.3, 0.4) is 0 Å². The maximum Gasteiger partial charge on any atom is 0.352 e. The Morgan fingerprint density at radius 3 is 2.52 bits per heavy atom. The molecule has 1 aliphatic heterocycles. The van der Waals surface area contributed by atoms with Crippen LogP contribution in [0.2, 0.25) is 0 Å². The fraction of sp³-hybridized carbons (Fsp3) is 0.500. The first kappa shape index (κ1) is 17.7. The average molecular weight is 367 g/mol. The number of aromatic nitrogens is 4. The topological polar surface area (TPSA) is 72.5 Å². The van der Waals surface area contributed by atoms with Crippen LogP contribution in [-0.2, 0) is 16.8 Å². The van der Waals surface area contributed by atoms with Crippen LogP contribution >= 0.6 is 0 Å². The highest BCUT2D eigenvalue weighted by atomic mass is 16.2. The SMILES string of the molecule is CC(C)(C)c1nc2ccccc2c2nn(CC(=O)N3CCCCC3)c(=O)n12. The molecule has 1 amide bonds. The van der Waals surface area contributed by atoms with E-state index in [1.165, 1.54) is 4.68 Å². The summed E-state index contributed by atoms with van der Waals surface area (Å²) in [7, 11) is 0. The van der Waals surface area contributed by atoms with Crippen molar-refractivity contribution in [2.45, 2.75) is 52.0 Å². The second-order valence-electron chi connectivity index (χ2n) is 8.24. The molecule has 0 unspecified atom stereocenters. The third-order valence-corrected chi connectivity index (χ3v) is 5.09. The normalized spacial score (nSPS) is 15.6. The number of nitrogens with zero attached hydrogens (tertiary/aromatic N) is 5. The second kappa shape index (κ2) is 6.48. The summed E-state index contributed by atoms with van der Waals surface area (Å²) in [5.74, 6) is 0.604. The molecule has 1 fully saturated rings. The van der Waals surface area contributed by atoms with Crippen LogP contribution in [0.4, 0.5) is 0 Å². The number of benzene rings is 1. The molecule has 7 nitrogen and oxygen atoms in total. The van der Waals surface area contributed by atoms with E-state index in [1.54, 1.807) is 4.40 Å². The van der Waals surface area contributed by atoms with Crippen molar-refractivity contribution in [3.8, 4) is 0 Å². The van der Waals surface area contributed by atoms with Crippen molar-refractivity contribution in [3.63, 3.8) is 0 Å². The van der Waals surface area contributed by atoms with Crippen LogP contribution < -0.4 is 5.69 Å². The summed E-state index contributed by atoms with van der Waals surface area (Å²) in [6, 6.07) is 7.66. The zero-order valence-electron chi connectivity index (χ0n) is 16.1. The first-order valence-corrected chi connectivity index (χ1v) is 9.53. The third kappa shape index (κ3) is 3.11. The Morgan fingerprint density at radius 2 is 1.81 bits per heavy atom. The molecule has 4 rings (SSSR count). The number of fused-ring (bicyclic) bond motifs is 3. The van der Waals surface area contributed by atoms with Gasteiger partial charge in [-0.25, -0.2) is 18.9 Å². The summed E-state index contributed by atoms with van der Waals surface area (Å²) in [6.07, 6.45) is 3.20. The minimum Gasteiger partial charge on any atom is -0.341 e. The van der Waals surface area contributed by atoms with Gasteiger partial charge in [-0.15, -0.1) is 5.10 Å². The maximum absolute atomic E-state index is 13.1. The lowest BCUT2D eigenvalue weighted by molar-refractivity contribution is -0.133. The summed E-state index contributed by atoms with van der Waals surface area (Å²) in [4.78, 5) is 32.3. The fourth-order valence-electron chi connectivity index (χ4n) is 3.67. The Bertz CT molecular complexity index is 1070. The van der Waals surface area contributed by atoms with Crippen molar-refractivity contribution < 1.29 is 4.79 Å². The van der Waals surface area contributed by atoms with Gasteiger partial charge in [-0.05, 0) is 31.4 Å². The van der Waals surface area contributed by atoms with Crippen molar-refractivity contribution in [1.82, 2.24) is 24.1 Å². The molecule has 142 valence electrons. The molecular formula is C20H25N5O2. The number of piperidine rings is 1. The number of para-hydroxylation sites is 1. The molecule has 3 heterocycles. The predicted octanol–water partition coefficient (Wildman–Crippen LogP) is 2.35. The van der Waals surface area contributed by atoms with Gasteiger partial charge in [-0.2, -0.15) is 0 Å². The van der Waals surface area contributed by atoms with Gasteiger partial charge in [-0.1, -0.05) is 32.9 Å². The van der Waals surface area contributed by atoms with E-state index in [2.05, 4.69) is 5.10 Å². The Hall–Kier alpha value is -2.70. The quantitative estimate of drug-likeness (QED) is 0.697. The van der Waals surface area contributed by atoms with Crippen LogP contribution in [0.1, 0.15) is 45.9 Å². The number of carbonyl (C=O) groups excluding carboxylic acids is 1. The molecule has 1 aromatic carbocycles. The zero-order chi connectivity index (χ0) is 19.2. The molecule has 7 heteroatoms. The molecule has 0 aliphatic carbocycles. The van der Waals surface area contributed by atoms with Crippen molar-refractivity contribution >= 4 is 22.5 Å². The van der Waals surface area contributed by atoms with E-state index >= 15 is 0 Å². The molecule has 0 radical (unpaired) electrons. The average Bonchev–Trinajstić information content (AvgIpc) is 2.97. The van der Waals surface area contributed by atoms with Gasteiger partial charge in [0.2, 0.25) is 5.91 Å². The van der Waals surface area contributed by atoms with Crippen molar-refractivity contribution in [1.29, 1.82) is 0 Å². The monoisotopic (exact) mass is 367 g/mol. The lowest BCUT2D eigenvalue weighted by Gasteiger charge is -2.26. The van der Waals surface area contributed by atoms with E-state index in [0.29, 0.717) is 11.5 Å². The highest BCUT2D eigenvalue weighted by molar-refractivity contribution is 5.91. The van der Waals surface area contributed by atoms with E-state index in [9.17, 15) is 9.59 Å². The predicted molar refractivity (Wildman–Crippen MR) is 104 cm³/mol. The van der Waals surface area contributed by atoms with Gasteiger partial charge in [0, 0.05) is 23.9 Å². The van der Waals surface area contributed by atoms with E-state index < -0.39 is 0 Å². The molecule has 2 aromatic heterocycles. The van der Waals surface area contributed by atoms with Gasteiger partial charge < -0.3 is 4.90 Å². The molecular weight excluding hydrogens is 342 g/mol. The molecule has 0 spiro atoms. The molecule has 0 bridgehead atoms. The minimum absolute atomic E-state index is 0.0293. The molecule has 3 aromatic rings. The summed E-state index contributed by atoms with van der Waals surface area (Å²) in [6.45, 7) is 7.56. The standard InChI is InChI=1S/C20H25N5O2/c1-20(2,3)18-21-15-10-6-5-9-14(15)17-22-24(19(27)25(17)18)13-16(26)23-11-7-4-8-12-23/h5-6,9-10H,4,7-8,11-13H2,1-3H3. The van der Waals surface area contributed by atoms with Crippen molar-refractivity contribution in [2.75, 3.05) is 13.1 Å². The lowest BCUT2D eigenvalue weighted by Crippen LogP contribution is -2.40.